The van der Waals surface area contributed by atoms with Crippen LogP contribution in [0.5, 0.6) is 0 Å². The molecule has 2 aromatic heterocycles. The Hall–Kier alpha value is -3.27. The van der Waals surface area contributed by atoms with E-state index in [2.05, 4.69) is 10.1 Å². The molecule has 31 heavy (non-hydrogen) atoms. The number of hydrogen-bond donors (Lipinski definition) is 1. The van der Waals surface area contributed by atoms with Crippen LogP contribution in [0.4, 0.5) is 16.2 Å². The third-order valence-electron chi connectivity index (χ3n) is 5.94. The van der Waals surface area contributed by atoms with E-state index < -0.39 is 0 Å². The number of benzene rings is 1. The van der Waals surface area contributed by atoms with E-state index in [9.17, 15) is 9.18 Å². The Balaban J connectivity index is 1.46. The number of amides is 1. The summed E-state index contributed by atoms with van der Waals surface area (Å²) < 4.78 is 21.7. The number of fused-ring (bicyclic) bond motifs is 1. The molecule has 3 aromatic rings. The van der Waals surface area contributed by atoms with Gasteiger partial charge in [-0.3, -0.25) is 9.48 Å². The number of nitrogen functional groups attached to an aromatic ring is 1. The van der Waals surface area contributed by atoms with Crippen molar-refractivity contribution in [3.8, 4) is 11.3 Å². The minimum Gasteiger partial charge on any atom is -0.383 e. The number of rotatable bonds is 3. The lowest BCUT2D eigenvalue weighted by Crippen LogP contribution is -2.51. The number of anilines is 2. The standard InChI is InChI=1S/C21H24FN7O2/c1-27-18(23)16-17(13-5-2-3-6-14(13)22)24-21(25-19(16)26-27)29-10-8-28(9-11-29)20(30)15-7-4-12-31-15/h2-3,5-6,15H,4,7-12,23H2,1H3. The van der Waals surface area contributed by atoms with Crippen LogP contribution in [0.1, 0.15) is 12.8 Å². The summed E-state index contributed by atoms with van der Waals surface area (Å²) in [6.45, 7) is 2.90. The lowest BCUT2D eigenvalue weighted by molar-refractivity contribution is -0.141. The van der Waals surface area contributed by atoms with E-state index in [1.165, 1.54) is 10.7 Å². The second kappa shape index (κ2) is 7.77. The Labute approximate surface area is 178 Å². The molecule has 162 valence electrons. The van der Waals surface area contributed by atoms with Gasteiger partial charge in [0.15, 0.2) is 5.65 Å². The van der Waals surface area contributed by atoms with Crippen molar-refractivity contribution in [2.75, 3.05) is 43.4 Å². The van der Waals surface area contributed by atoms with Crippen molar-refractivity contribution >= 4 is 28.7 Å². The molecule has 0 saturated carbocycles. The van der Waals surface area contributed by atoms with Crippen LogP contribution in [-0.2, 0) is 16.6 Å². The Bertz CT molecular complexity index is 1130. The summed E-state index contributed by atoms with van der Waals surface area (Å²) in [7, 11) is 1.72. The van der Waals surface area contributed by atoms with Crippen molar-refractivity contribution in [2.24, 2.45) is 7.05 Å². The molecule has 2 N–H and O–H groups in total. The quantitative estimate of drug-likeness (QED) is 0.680. The average molecular weight is 425 g/mol. The number of aromatic nitrogens is 4. The number of piperazine rings is 1. The Morgan fingerprint density at radius 1 is 1.19 bits per heavy atom. The maximum absolute atomic E-state index is 14.6. The predicted octanol–water partition coefficient (Wildman–Crippen LogP) is 1.58. The number of hydrogen-bond acceptors (Lipinski definition) is 7. The molecule has 0 aliphatic carbocycles. The first kappa shape index (κ1) is 19.7. The van der Waals surface area contributed by atoms with Crippen molar-refractivity contribution in [1.82, 2.24) is 24.6 Å². The van der Waals surface area contributed by atoms with Crippen LogP contribution in [-0.4, -0.2) is 69.4 Å². The molecule has 1 unspecified atom stereocenters. The summed E-state index contributed by atoms with van der Waals surface area (Å²) in [5, 5.41) is 4.92. The van der Waals surface area contributed by atoms with Gasteiger partial charge < -0.3 is 20.3 Å². The van der Waals surface area contributed by atoms with Crippen LogP contribution in [0, 0.1) is 5.82 Å². The fourth-order valence-electron chi connectivity index (χ4n) is 4.20. The molecule has 1 aromatic carbocycles. The highest BCUT2D eigenvalue weighted by atomic mass is 19.1. The molecular formula is C21H24FN7O2. The van der Waals surface area contributed by atoms with Gasteiger partial charge >= 0.3 is 0 Å². The summed E-state index contributed by atoms with van der Waals surface area (Å²) in [5.41, 5.74) is 7.38. The fraction of sp³-hybridized carbons (Fsp3) is 0.429. The Morgan fingerprint density at radius 3 is 2.68 bits per heavy atom. The minimum absolute atomic E-state index is 0.0538. The van der Waals surface area contributed by atoms with Crippen LogP contribution >= 0.6 is 0 Å². The van der Waals surface area contributed by atoms with Gasteiger partial charge in [0.2, 0.25) is 5.95 Å². The van der Waals surface area contributed by atoms with Crippen LogP contribution < -0.4 is 10.6 Å². The lowest BCUT2D eigenvalue weighted by atomic mass is 10.1. The maximum atomic E-state index is 14.6. The summed E-state index contributed by atoms with van der Waals surface area (Å²) >= 11 is 0. The van der Waals surface area contributed by atoms with Gasteiger partial charge in [0.05, 0.1) is 11.1 Å². The summed E-state index contributed by atoms with van der Waals surface area (Å²) in [6, 6.07) is 6.46. The first-order chi connectivity index (χ1) is 15.0. The molecule has 0 bridgehead atoms. The molecule has 10 heteroatoms. The molecule has 4 heterocycles. The molecule has 5 rings (SSSR count). The zero-order valence-corrected chi connectivity index (χ0v) is 17.3. The monoisotopic (exact) mass is 425 g/mol. The zero-order valence-electron chi connectivity index (χ0n) is 17.3. The fourth-order valence-corrected chi connectivity index (χ4v) is 4.20. The van der Waals surface area contributed by atoms with Crippen molar-refractivity contribution < 1.29 is 13.9 Å². The van der Waals surface area contributed by atoms with E-state index >= 15 is 0 Å². The summed E-state index contributed by atoms with van der Waals surface area (Å²) in [5.74, 6) is 0.501. The SMILES string of the molecule is Cn1nc2nc(N3CCN(C(=O)C4CCCO4)CC3)nc(-c3ccccc3F)c2c1N. The second-order valence-corrected chi connectivity index (χ2v) is 7.87. The number of carbonyl (C=O) groups excluding carboxylic acids is 1. The molecule has 9 nitrogen and oxygen atoms in total. The predicted molar refractivity (Wildman–Crippen MR) is 114 cm³/mol. The lowest BCUT2D eigenvalue weighted by Gasteiger charge is -2.35. The molecule has 2 saturated heterocycles. The van der Waals surface area contributed by atoms with Gasteiger partial charge in [-0.2, -0.15) is 10.1 Å². The molecule has 0 radical (unpaired) electrons. The van der Waals surface area contributed by atoms with Crippen molar-refractivity contribution in [2.45, 2.75) is 18.9 Å². The van der Waals surface area contributed by atoms with E-state index in [0.717, 1.165) is 12.8 Å². The smallest absolute Gasteiger partial charge is 0.251 e. The molecule has 1 atom stereocenters. The molecular weight excluding hydrogens is 401 g/mol. The Morgan fingerprint density at radius 2 is 1.97 bits per heavy atom. The third kappa shape index (κ3) is 3.46. The largest absolute Gasteiger partial charge is 0.383 e. The normalized spacial score (nSPS) is 19.4. The molecule has 2 aliphatic rings. The first-order valence-electron chi connectivity index (χ1n) is 10.4. The van der Waals surface area contributed by atoms with Gasteiger partial charge in [-0.05, 0) is 25.0 Å². The van der Waals surface area contributed by atoms with E-state index in [0.29, 0.717) is 66.8 Å². The molecule has 2 fully saturated rings. The highest BCUT2D eigenvalue weighted by Crippen LogP contribution is 2.33. The second-order valence-electron chi connectivity index (χ2n) is 7.87. The first-order valence-corrected chi connectivity index (χ1v) is 10.4. The van der Waals surface area contributed by atoms with Gasteiger partial charge in [-0.15, -0.1) is 0 Å². The number of nitrogens with two attached hydrogens (primary N) is 1. The molecule has 0 spiro atoms. The molecule has 1 amide bonds. The minimum atomic E-state index is -0.385. The van der Waals surface area contributed by atoms with E-state index in [1.807, 2.05) is 9.80 Å². The number of carbonyl (C=O) groups is 1. The summed E-state index contributed by atoms with van der Waals surface area (Å²) in [6.07, 6.45) is 1.39. The molecule has 2 aliphatic heterocycles. The summed E-state index contributed by atoms with van der Waals surface area (Å²) in [4.78, 5) is 25.7. The topological polar surface area (TPSA) is 102 Å². The van der Waals surface area contributed by atoms with E-state index in [1.54, 1.807) is 25.2 Å². The van der Waals surface area contributed by atoms with Gasteiger partial charge in [0.1, 0.15) is 17.7 Å². The number of nitrogens with zero attached hydrogens (tertiary/aromatic N) is 6. The van der Waals surface area contributed by atoms with Gasteiger partial charge in [0, 0.05) is 45.4 Å². The van der Waals surface area contributed by atoms with Crippen molar-refractivity contribution in [3.05, 3.63) is 30.1 Å². The van der Waals surface area contributed by atoms with Crippen LogP contribution in [0.15, 0.2) is 24.3 Å². The highest BCUT2D eigenvalue weighted by molar-refractivity contribution is 5.99. The van der Waals surface area contributed by atoms with Crippen LogP contribution in [0.25, 0.3) is 22.3 Å². The number of halogens is 1. The highest BCUT2D eigenvalue weighted by Gasteiger charge is 2.31. The van der Waals surface area contributed by atoms with Crippen molar-refractivity contribution in [3.63, 3.8) is 0 Å². The zero-order chi connectivity index (χ0) is 21.5. The van der Waals surface area contributed by atoms with E-state index in [4.69, 9.17) is 15.5 Å². The van der Waals surface area contributed by atoms with Crippen LogP contribution in [0.3, 0.4) is 0 Å². The number of ether oxygens (including phenoxy) is 1. The van der Waals surface area contributed by atoms with Gasteiger partial charge in [0.25, 0.3) is 5.91 Å². The Kier molecular flexibility index (Phi) is 4.93. The van der Waals surface area contributed by atoms with E-state index in [-0.39, 0.29) is 17.8 Å². The number of aryl methyl sites for hydroxylation is 1. The van der Waals surface area contributed by atoms with Crippen molar-refractivity contribution in [1.29, 1.82) is 0 Å². The van der Waals surface area contributed by atoms with Gasteiger partial charge in [-0.1, -0.05) is 12.1 Å². The average Bonchev–Trinajstić information content (AvgIpc) is 3.42. The maximum Gasteiger partial charge on any atom is 0.251 e. The third-order valence-corrected chi connectivity index (χ3v) is 5.94. The van der Waals surface area contributed by atoms with Gasteiger partial charge in [-0.25, -0.2) is 9.37 Å². The van der Waals surface area contributed by atoms with Crippen LogP contribution in [0.2, 0.25) is 0 Å².